The van der Waals surface area contributed by atoms with E-state index in [9.17, 15) is 9.90 Å². The maximum Gasteiger partial charge on any atom is 0.270 e. The lowest BCUT2D eigenvalue weighted by molar-refractivity contribution is 0.0940. The molecule has 2 aromatic rings. The molecule has 1 unspecified atom stereocenters. The molecule has 0 bridgehead atoms. The van der Waals surface area contributed by atoms with Gasteiger partial charge < -0.3 is 15.7 Å². The molecule has 0 radical (unpaired) electrons. The Bertz CT molecular complexity index is 762. The van der Waals surface area contributed by atoms with Crippen LogP contribution in [0.1, 0.15) is 53.7 Å². The van der Waals surface area contributed by atoms with Gasteiger partial charge in [-0.15, -0.1) is 0 Å². The van der Waals surface area contributed by atoms with Crippen LogP contribution < -0.4 is 10.6 Å². The van der Waals surface area contributed by atoms with Gasteiger partial charge in [-0.05, 0) is 24.3 Å². The zero-order chi connectivity index (χ0) is 18.5. The number of hydrogen-bond donors (Lipinski definition) is 3. The predicted molar refractivity (Wildman–Crippen MR) is 101 cm³/mol. The minimum Gasteiger partial charge on any atom is -0.396 e. The molecular weight excluding hydrogens is 328 g/mol. The standard InChI is InChI=1S/C20H26N4O2/c1-13(2)12-17-23-18-15(8-10-21-20(18)26)19(24-17)22-16(9-11-25)14-6-4-3-5-7-14/h3-7,13,16,25H,8-12H2,1-2H3,(H,21,26)(H,22,23,24). The second-order valence-electron chi connectivity index (χ2n) is 7.04. The summed E-state index contributed by atoms with van der Waals surface area (Å²) in [7, 11) is 0. The largest absolute Gasteiger partial charge is 0.396 e. The van der Waals surface area contributed by atoms with Crippen LogP contribution in [0, 0.1) is 5.92 Å². The molecule has 1 aliphatic heterocycles. The highest BCUT2D eigenvalue weighted by Crippen LogP contribution is 2.27. The normalized spacial score (nSPS) is 14.7. The van der Waals surface area contributed by atoms with E-state index in [2.05, 4.69) is 29.5 Å². The summed E-state index contributed by atoms with van der Waals surface area (Å²) in [4.78, 5) is 21.5. The summed E-state index contributed by atoms with van der Waals surface area (Å²) in [6, 6.07) is 9.92. The molecule has 1 aromatic heterocycles. The molecule has 0 aliphatic carbocycles. The Morgan fingerprint density at radius 3 is 2.69 bits per heavy atom. The highest BCUT2D eigenvalue weighted by Gasteiger charge is 2.25. The van der Waals surface area contributed by atoms with Gasteiger partial charge in [0.05, 0.1) is 6.04 Å². The van der Waals surface area contributed by atoms with Gasteiger partial charge in [0.15, 0.2) is 0 Å². The van der Waals surface area contributed by atoms with Crippen molar-refractivity contribution in [3.63, 3.8) is 0 Å². The number of carbonyl (C=O) groups excluding carboxylic acids is 1. The first-order valence-electron chi connectivity index (χ1n) is 9.18. The Labute approximate surface area is 154 Å². The van der Waals surface area contributed by atoms with Crippen LogP contribution in [0.3, 0.4) is 0 Å². The minimum absolute atomic E-state index is 0.0686. The van der Waals surface area contributed by atoms with Gasteiger partial charge in [0.25, 0.3) is 5.91 Å². The van der Waals surface area contributed by atoms with E-state index in [-0.39, 0.29) is 18.6 Å². The van der Waals surface area contributed by atoms with E-state index in [1.54, 1.807) is 0 Å². The molecule has 2 heterocycles. The Morgan fingerprint density at radius 2 is 2.00 bits per heavy atom. The third kappa shape index (κ3) is 4.19. The summed E-state index contributed by atoms with van der Waals surface area (Å²) in [5, 5.41) is 15.8. The first kappa shape index (κ1) is 18.3. The molecule has 138 valence electrons. The molecule has 1 aliphatic rings. The average Bonchev–Trinajstić information content (AvgIpc) is 2.62. The third-order valence-corrected chi connectivity index (χ3v) is 4.45. The number of aromatic nitrogens is 2. The molecule has 26 heavy (non-hydrogen) atoms. The number of anilines is 1. The summed E-state index contributed by atoms with van der Waals surface area (Å²) in [5.41, 5.74) is 2.42. The van der Waals surface area contributed by atoms with Crippen molar-refractivity contribution in [3.8, 4) is 0 Å². The smallest absolute Gasteiger partial charge is 0.270 e. The van der Waals surface area contributed by atoms with Gasteiger partial charge in [0, 0.05) is 25.1 Å². The second kappa shape index (κ2) is 8.27. The Balaban J connectivity index is 1.99. The summed E-state index contributed by atoms with van der Waals surface area (Å²) >= 11 is 0. The fourth-order valence-electron chi connectivity index (χ4n) is 3.22. The van der Waals surface area contributed by atoms with Crippen LogP contribution in [-0.4, -0.2) is 34.1 Å². The van der Waals surface area contributed by atoms with E-state index in [0.717, 1.165) is 11.1 Å². The molecule has 3 N–H and O–H groups in total. The summed E-state index contributed by atoms with van der Waals surface area (Å²) in [6.07, 6.45) is 1.98. The van der Waals surface area contributed by atoms with Crippen molar-refractivity contribution >= 4 is 11.7 Å². The lowest BCUT2D eigenvalue weighted by Crippen LogP contribution is -2.34. The highest BCUT2D eigenvalue weighted by atomic mass is 16.3. The van der Waals surface area contributed by atoms with E-state index < -0.39 is 0 Å². The van der Waals surface area contributed by atoms with E-state index >= 15 is 0 Å². The van der Waals surface area contributed by atoms with Crippen molar-refractivity contribution in [2.75, 3.05) is 18.5 Å². The van der Waals surface area contributed by atoms with Crippen molar-refractivity contribution < 1.29 is 9.90 Å². The first-order valence-corrected chi connectivity index (χ1v) is 9.18. The maximum atomic E-state index is 12.3. The number of aliphatic hydroxyl groups excluding tert-OH is 1. The van der Waals surface area contributed by atoms with Crippen LogP contribution in [0.25, 0.3) is 0 Å². The molecular formula is C20H26N4O2. The van der Waals surface area contributed by atoms with E-state index in [4.69, 9.17) is 4.98 Å². The molecule has 0 fully saturated rings. The Morgan fingerprint density at radius 1 is 1.23 bits per heavy atom. The number of benzene rings is 1. The highest BCUT2D eigenvalue weighted by molar-refractivity contribution is 5.96. The van der Waals surface area contributed by atoms with Gasteiger partial charge in [-0.3, -0.25) is 4.79 Å². The number of rotatable bonds is 7. The summed E-state index contributed by atoms with van der Waals surface area (Å²) in [5.74, 6) is 1.65. The number of amides is 1. The third-order valence-electron chi connectivity index (χ3n) is 4.45. The van der Waals surface area contributed by atoms with Crippen LogP contribution in [0.15, 0.2) is 30.3 Å². The van der Waals surface area contributed by atoms with Crippen LogP contribution in [0.5, 0.6) is 0 Å². The number of hydrogen-bond acceptors (Lipinski definition) is 5. The number of nitrogens with one attached hydrogen (secondary N) is 2. The lowest BCUT2D eigenvalue weighted by Gasteiger charge is -2.24. The average molecular weight is 354 g/mol. The predicted octanol–water partition coefficient (Wildman–Crippen LogP) is 2.50. The van der Waals surface area contributed by atoms with Crippen molar-refractivity contribution in [2.45, 2.75) is 39.2 Å². The fourth-order valence-corrected chi connectivity index (χ4v) is 3.22. The molecule has 0 spiro atoms. The van der Waals surface area contributed by atoms with Gasteiger partial charge in [0.1, 0.15) is 17.3 Å². The van der Waals surface area contributed by atoms with Gasteiger partial charge in [-0.2, -0.15) is 0 Å². The van der Waals surface area contributed by atoms with E-state index in [1.165, 1.54) is 0 Å². The number of carbonyl (C=O) groups is 1. The van der Waals surface area contributed by atoms with Crippen LogP contribution in [0.2, 0.25) is 0 Å². The molecule has 6 heteroatoms. The monoisotopic (exact) mass is 354 g/mol. The van der Waals surface area contributed by atoms with Crippen molar-refractivity contribution in [2.24, 2.45) is 5.92 Å². The zero-order valence-electron chi connectivity index (χ0n) is 15.3. The van der Waals surface area contributed by atoms with Gasteiger partial charge in [-0.1, -0.05) is 44.2 Å². The fraction of sp³-hybridized carbons (Fsp3) is 0.450. The van der Waals surface area contributed by atoms with Crippen molar-refractivity contribution in [1.82, 2.24) is 15.3 Å². The van der Waals surface area contributed by atoms with E-state index in [0.29, 0.717) is 49.1 Å². The number of fused-ring (bicyclic) bond motifs is 1. The maximum absolute atomic E-state index is 12.3. The Hall–Kier alpha value is -2.47. The molecule has 0 saturated heterocycles. The van der Waals surface area contributed by atoms with Crippen molar-refractivity contribution in [3.05, 3.63) is 53.0 Å². The summed E-state index contributed by atoms with van der Waals surface area (Å²) < 4.78 is 0. The first-order chi connectivity index (χ1) is 12.6. The second-order valence-corrected chi connectivity index (χ2v) is 7.04. The molecule has 6 nitrogen and oxygen atoms in total. The van der Waals surface area contributed by atoms with Crippen LogP contribution in [0.4, 0.5) is 5.82 Å². The van der Waals surface area contributed by atoms with E-state index in [1.807, 2.05) is 30.3 Å². The van der Waals surface area contributed by atoms with Gasteiger partial charge in [0.2, 0.25) is 0 Å². The molecule has 1 atom stereocenters. The molecule has 3 rings (SSSR count). The lowest BCUT2D eigenvalue weighted by atomic mass is 10.0. The van der Waals surface area contributed by atoms with Gasteiger partial charge in [-0.25, -0.2) is 9.97 Å². The molecule has 0 saturated carbocycles. The van der Waals surface area contributed by atoms with Gasteiger partial charge >= 0.3 is 0 Å². The van der Waals surface area contributed by atoms with Crippen molar-refractivity contribution in [1.29, 1.82) is 0 Å². The molecule has 1 amide bonds. The summed E-state index contributed by atoms with van der Waals surface area (Å²) in [6.45, 7) is 4.87. The topological polar surface area (TPSA) is 87.1 Å². The zero-order valence-corrected chi connectivity index (χ0v) is 15.3. The number of aliphatic hydroxyl groups is 1. The Kier molecular flexibility index (Phi) is 5.83. The van der Waals surface area contributed by atoms with Crippen LogP contribution in [-0.2, 0) is 12.8 Å². The quantitative estimate of drug-likeness (QED) is 0.711. The minimum atomic E-state index is -0.139. The SMILES string of the molecule is CC(C)Cc1nc(NC(CCO)c2ccccc2)c2c(n1)C(=O)NCC2. The number of nitrogens with zero attached hydrogens (tertiary/aromatic N) is 2. The molecule has 1 aromatic carbocycles. The van der Waals surface area contributed by atoms with Crippen LogP contribution >= 0.6 is 0 Å².